The highest BCUT2D eigenvalue weighted by Crippen LogP contribution is 2.09. The maximum atomic E-state index is 12.0. The van der Waals surface area contributed by atoms with E-state index in [1.807, 2.05) is 9.80 Å². The Bertz CT molecular complexity index is 269. The fraction of sp³-hybridized carbons (Fsp3) is 0.917. The van der Waals surface area contributed by atoms with Gasteiger partial charge in [-0.25, -0.2) is 4.79 Å². The fourth-order valence-corrected chi connectivity index (χ4v) is 2.49. The molecule has 0 spiro atoms. The zero-order valence-electron chi connectivity index (χ0n) is 11.0. The van der Waals surface area contributed by atoms with Crippen LogP contribution in [0.1, 0.15) is 13.8 Å². The van der Waals surface area contributed by atoms with E-state index in [-0.39, 0.29) is 6.03 Å². The highest BCUT2D eigenvalue weighted by molar-refractivity contribution is 5.76. The predicted octanol–water partition coefficient (Wildman–Crippen LogP) is 0.0376. The highest BCUT2D eigenvalue weighted by Gasteiger charge is 2.28. The molecule has 0 aromatic carbocycles. The summed E-state index contributed by atoms with van der Waals surface area (Å²) in [6, 6.07) is 0.767. The molecule has 5 heteroatoms. The zero-order valence-corrected chi connectivity index (χ0v) is 11.0. The summed E-state index contributed by atoms with van der Waals surface area (Å²) < 4.78 is 0. The van der Waals surface area contributed by atoms with E-state index < -0.39 is 0 Å². The Morgan fingerprint density at radius 2 is 1.53 bits per heavy atom. The number of nitrogens with zero attached hydrogens (tertiary/aromatic N) is 3. The van der Waals surface area contributed by atoms with Gasteiger partial charge in [0.2, 0.25) is 0 Å². The number of urea groups is 1. The number of rotatable bonds is 1. The van der Waals surface area contributed by atoms with Gasteiger partial charge >= 0.3 is 6.03 Å². The van der Waals surface area contributed by atoms with Crippen LogP contribution in [0.3, 0.4) is 0 Å². The van der Waals surface area contributed by atoms with Crippen molar-refractivity contribution in [3.05, 3.63) is 0 Å². The first kappa shape index (κ1) is 12.6. The van der Waals surface area contributed by atoms with E-state index in [4.69, 9.17) is 0 Å². The van der Waals surface area contributed by atoms with Crippen LogP contribution in [0, 0.1) is 0 Å². The Labute approximate surface area is 104 Å². The van der Waals surface area contributed by atoms with E-state index in [9.17, 15) is 4.79 Å². The number of fused-ring (bicyclic) bond motifs is 2. The lowest BCUT2D eigenvalue weighted by atomic mass is 10.3. The summed E-state index contributed by atoms with van der Waals surface area (Å²) in [4.78, 5) is 18.4. The Morgan fingerprint density at radius 1 is 0.941 bits per heavy atom. The van der Waals surface area contributed by atoms with Crippen molar-refractivity contribution in [2.45, 2.75) is 19.9 Å². The molecule has 2 aliphatic rings. The number of hydrogen-bond donors (Lipinski definition) is 1. The molecule has 0 aromatic heterocycles. The van der Waals surface area contributed by atoms with E-state index in [1.54, 1.807) is 0 Å². The minimum Gasteiger partial charge on any atom is -0.322 e. The standard InChI is InChI=1S/C12H24N4O/c1-11(2)14-5-3-13-4-6-15-9-10-16(8-7-14)12(15)17/h11,13H,3-10H2,1-2H3. The Kier molecular flexibility index (Phi) is 4.23. The second-order valence-electron chi connectivity index (χ2n) is 5.14. The van der Waals surface area contributed by atoms with Crippen molar-refractivity contribution < 1.29 is 4.79 Å². The SMILES string of the molecule is CC(C)N1CCNCCN2CCN(CC1)C2=O. The molecule has 0 unspecified atom stereocenters. The van der Waals surface area contributed by atoms with E-state index in [0.29, 0.717) is 6.04 Å². The molecule has 0 saturated carbocycles. The van der Waals surface area contributed by atoms with Gasteiger partial charge < -0.3 is 15.1 Å². The lowest BCUT2D eigenvalue weighted by Crippen LogP contribution is -2.42. The molecule has 2 fully saturated rings. The molecular weight excluding hydrogens is 216 g/mol. The van der Waals surface area contributed by atoms with Crippen LogP contribution < -0.4 is 5.32 Å². The molecular formula is C12H24N4O. The lowest BCUT2D eigenvalue weighted by Gasteiger charge is -2.28. The van der Waals surface area contributed by atoms with Gasteiger partial charge in [0.15, 0.2) is 0 Å². The highest BCUT2D eigenvalue weighted by atomic mass is 16.2. The summed E-state index contributed by atoms with van der Waals surface area (Å²) in [5.41, 5.74) is 0. The Balaban J connectivity index is 1.97. The van der Waals surface area contributed by atoms with Crippen LogP contribution >= 0.6 is 0 Å². The summed E-state index contributed by atoms with van der Waals surface area (Å²) in [6.45, 7) is 11.9. The third kappa shape index (κ3) is 3.10. The van der Waals surface area contributed by atoms with Crippen LogP contribution in [0.5, 0.6) is 0 Å². The maximum Gasteiger partial charge on any atom is 0.320 e. The summed E-state index contributed by atoms with van der Waals surface area (Å²) in [7, 11) is 0. The van der Waals surface area contributed by atoms with Crippen LogP contribution in [0.2, 0.25) is 0 Å². The molecule has 2 rings (SSSR count). The van der Waals surface area contributed by atoms with E-state index >= 15 is 0 Å². The van der Waals surface area contributed by atoms with Crippen molar-refractivity contribution in [1.29, 1.82) is 0 Å². The van der Waals surface area contributed by atoms with E-state index in [0.717, 1.165) is 52.4 Å². The van der Waals surface area contributed by atoms with Crippen molar-refractivity contribution in [2.24, 2.45) is 0 Å². The third-order valence-corrected chi connectivity index (χ3v) is 3.70. The van der Waals surface area contributed by atoms with Crippen molar-refractivity contribution in [1.82, 2.24) is 20.0 Å². The van der Waals surface area contributed by atoms with Gasteiger partial charge in [0.25, 0.3) is 0 Å². The van der Waals surface area contributed by atoms with Gasteiger partial charge in [0.1, 0.15) is 0 Å². The molecule has 0 radical (unpaired) electrons. The third-order valence-electron chi connectivity index (χ3n) is 3.70. The van der Waals surface area contributed by atoms with Gasteiger partial charge in [-0.05, 0) is 13.8 Å². The largest absolute Gasteiger partial charge is 0.322 e. The molecule has 1 N–H and O–H groups in total. The minimum atomic E-state index is 0.220. The Hall–Kier alpha value is -0.810. The summed E-state index contributed by atoms with van der Waals surface area (Å²) in [5.74, 6) is 0. The van der Waals surface area contributed by atoms with Crippen molar-refractivity contribution in [2.75, 3.05) is 52.4 Å². The van der Waals surface area contributed by atoms with Crippen LogP contribution in [0.25, 0.3) is 0 Å². The molecule has 98 valence electrons. The average Bonchev–Trinajstić information content (AvgIpc) is 2.59. The van der Waals surface area contributed by atoms with Gasteiger partial charge in [-0.15, -0.1) is 0 Å². The van der Waals surface area contributed by atoms with Crippen LogP contribution in [-0.4, -0.2) is 79.1 Å². The summed E-state index contributed by atoms with van der Waals surface area (Å²) >= 11 is 0. The molecule has 2 amide bonds. The molecule has 0 aliphatic carbocycles. The quantitative estimate of drug-likeness (QED) is 0.703. The molecule has 0 atom stereocenters. The molecule has 0 aromatic rings. The van der Waals surface area contributed by atoms with Gasteiger partial charge in [-0.1, -0.05) is 0 Å². The van der Waals surface area contributed by atoms with Crippen molar-refractivity contribution in [3.63, 3.8) is 0 Å². The van der Waals surface area contributed by atoms with E-state index in [2.05, 4.69) is 24.1 Å². The number of hydrogen-bond acceptors (Lipinski definition) is 3. The average molecular weight is 240 g/mol. The van der Waals surface area contributed by atoms with Crippen molar-refractivity contribution >= 4 is 6.03 Å². The number of carbonyl (C=O) groups is 1. The second kappa shape index (κ2) is 5.69. The molecule has 5 nitrogen and oxygen atoms in total. The summed E-state index contributed by atoms with van der Waals surface area (Å²) in [5, 5.41) is 3.42. The minimum absolute atomic E-state index is 0.220. The number of carbonyl (C=O) groups excluding carboxylic acids is 1. The second-order valence-corrected chi connectivity index (χ2v) is 5.14. The van der Waals surface area contributed by atoms with Crippen LogP contribution in [0.4, 0.5) is 4.79 Å². The first-order valence-electron chi connectivity index (χ1n) is 6.67. The van der Waals surface area contributed by atoms with Gasteiger partial charge in [-0.2, -0.15) is 0 Å². The van der Waals surface area contributed by atoms with Gasteiger partial charge in [-0.3, -0.25) is 4.90 Å². The summed E-state index contributed by atoms with van der Waals surface area (Å²) in [6.07, 6.45) is 0. The van der Waals surface area contributed by atoms with Crippen molar-refractivity contribution in [3.8, 4) is 0 Å². The monoisotopic (exact) mass is 240 g/mol. The predicted molar refractivity (Wildman–Crippen MR) is 68.1 cm³/mol. The van der Waals surface area contributed by atoms with Crippen LogP contribution in [-0.2, 0) is 0 Å². The van der Waals surface area contributed by atoms with Gasteiger partial charge in [0.05, 0.1) is 0 Å². The van der Waals surface area contributed by atoms with Crippen LogP contribution in [0.15, 0.2) is 0 Å². The molecule has 2 heterocycles. The number of nitrogens with one attached hydrogen (secondary N) is 1. The Morgan fingerprint density at radius 3 is 2.24 bits per heavy atom. The molecule has 2 saturated heterocycles. The topological polar surface area (TPSA) is 38.8 Å². The number of amides is 2. The lowest BCUT2D eigenvalue weighted by molar-refractivity contribution is 0.176. The normalized spacial score (nSPS) is 24.3. The molecule has 2 bridgehead atoms. The fourth-order valence-electron chi connectivity index (χ4n) is 2.49. The van der Waals surface area contributed by atoms with Gasteiger partial charge in [0, 0.05) is 58.4 Å². The molecule has 2 aliphatic heterocycles. The smallest absolute Gasteiger partial charge is 0.320 e. The zero-order chi connectivity index (χ0) is 12.3. The first-order chi connectivity index (χ1) is 8.18. The molecule has 17 heavy (non-hydrogen) atoms. The van der Waals surface area contributed by atoms with E-state index in [1.165, 1.54) is 0 Å². The first-order valence-corrected chi connectivity index (χ1v) is 6.67. The maximum absolute atomic E-state index is 12.0.